The van der Waals surface area contributed by atoms with Crippen molar-refractivity contribution in [3.05, 3.63) is 18.7 Å². The Labute approximate surface area is 96.2 Å². The smallest absolute Gasteiger partial charge is 0.0949 e. The van der Waals surface area contributed by atoms with E-state index in [9.17, 15) is 0 Å². The van der Waals surface area contributed by atoms with Crippen LogP contribution < -0.4 is 5.73 Å². The van der Waals surface area contributed by atoms with Crippen LogP contribution in [0.2, 0.25) is 0 Å². The molecule has 1 aliphatic heterocycles. The lowest BCUT2D eigenvalue weighted by atomic mass is 10.2. The lowest BCUT2D eigenvalue weighted by molar-refractivity contribution is 0.0815. The minimum absolute atomic E-state index is 0.256. The predicted molar refractivity (Wildman–Crippen MR) is 62.2 cm³/mol. The van der Waals surface area contributed by atoms with Crippen LogP contribution in [0.3, 0.4) is 0 Å². The van der Waals surface area contributed by atoms with Gasteiger partial charge in [0.25, 0.3) is 0 Å². The van der Waals surface area contributed by atoms with Crippen LogP contribution in [0.4, 0.5) is 0 Å². The molecule has 0 spiro atoms. The summed E-state index contributed by atoms with van der Waals surface area (Å²) in [7, 11) is 1.78. The van der Waals surface area contributed by atoms with Gasteiger partial charge >= 0.3 is 0 Å². The van der Waals surface area contributed by atoms with Gasteiger partial charge in [0.05, 0.1) is 18.5 Å². The van der Waals surface area contributed by atoms with Gasteiger partial charge in [-0.15, -0.1) is 0 Å². The molecule has 2 N–H and O–H groups in total. The molecule has 0 bridgehead atoms. The molecule has 0 amide bonds. The monoisotopic (exact) mass is 224 g/mol. The van der Waals surface area contributed by atoms with Crippen molar-refractivity contribution < 1.29 is 4.74 Å². The summed E-state index contributed by atoms with van der Waals surface area (Å²) in [6.07, 6.45) is 6.99. The van der Waals surface area contributed by atoms with Crippen LogP contribution in [-0.4, -0.2) is 53.8 Å². The van der Waals surface area contributed by atoms with E-state index in [0.717, 1.165) is 32.6 Å². The number of hydrogen-bond donors (Lipinski definition) is 1. The van der Waals surface area contributed by atoms with Crippen molar-refractivity contribution in [2.24, 2.45) is 5.73 Å². The van der Waals surface area contributed by atoms with Gasteiger partial charge in [-0.05, 0) is 19.5 Å². The maximum absolute atomic E-state index is 5.54. The number of nitrogens with zero attached hydrogens (tertiary/aromatic N) is 3. The van der Waals surface area contributed by atoms with Gasteiger partial charge < -0.3 is 15.0 Å². The SMILES string of the molecule is CO[C@H]1CN(CCCN)C[C@H]1n1ccnc1. The van der Waals surface area contributed by atoms with E-state index in [1.54, 1.807) is 7.11 Å². The van der Waals surface area contributed by atoms with Gasteiger partial charge in [-0.3, -0.25) is 4.90 Å². The summed E-state index contributed by atoms with van der Waals surface area (Å²) >= 11 is 0. The maximum atomic E-state index is 5.54. The minimum atomic E-state index is 0.256. The van der Waals surface area contributed by atoms with Crippen LogP contribution >= 0.6 is 0 Å². The van der Waals surface area contributed by atoms with Gasteiger partial charge in [0.2, 0.25) is 0 Å². The maximum Gasteiger partial charge on any atom is 0.0949 e. The largest absolute Gasteiger partial charge is 0.378 e. The van der Waals surface area contributed by atoms with E-state index in [2.05, 4.69) is 14.5 Å². The van der Waals surface area contributed by atoms with Crippen LogP contribution in [0, 0.1) is 0 Å². The van der Waals surface area contributed by atoms with Crippen molar-refractivity contribution in [3.8, 4) is 0 Å². The van der Waals surface area contributed by atoms with Crippen molar-refractivity contribution in [1.82, 2.24) is 14.5 Å². The molecular weight excluding hydrogens is 204 g/mol. The first-order chi connectivity index (χ1) is 7.85. The quantitative estimate of drug-likeness (QED) is 0.771. The number of rotatable bonds is 5. The van der Waals surface area contributed by atoms with Gasteiger partial charge in [0.15, 0.2) is 0 Å². The zero-order chi connectivity index (χ0) is 11.4. The fraction of sp³-hybridized carbons (Fsp3) is 0.727. The first-order valence-corrected chi connectivity index (χ1v) is 5.78. The van der Waals surface area contributed by atoms with Crippen LogP contribution in [0.25, 0.3) is 0 Å². The summed E-state index contributed by atoms with van der Waals surface area (Å²) in [4.78, 5) is 6.50. The molecule has 0 aliphatic carbocycles. The first kappa shape index (κ1) is 11.6. The molecular formula is C11H20N4O. The Morgan fingerprint density at radius 1 is 1.50 bits per heavy atom. The predicted octanol–water partition coefficient (Wildman–Crippen LogP) is 0.104. The lowest BCUT2D eigenvalue weighted by Gasteiger charge is -2.17. The third-order valence-electron chi connectivity index (χ3n) is 3.20. The molecule has 16 heavy (non-hydrogen) atoms. The highest BCUT2D eigenvalue weighted by Crippen LogP contribution is 2.24. The van der Waals surface area contributed by atoms with Crippen LogP contribution in [0.1, 0.15) is 12.5 Å². The average molecular weight is 224 g/mol. The van der Waals surface area contributed by atoms with Gasteiger partial charge in [-0.2, -0.15) is 0 Å². The van der Waals surface area contributed by atoms with Gasteiger partial charge in [0.1, 0.15) is 0 Å². The average Bonchev–Trinajstić information content (AvgIpc) is 2.94. The van der Waals surface area contributed by atoms with Crippen molar-refractivity contribution in [2.75, 3.05) is 33.3 Å². The number of aromatic nitrogens is 2. The number of ether oxygens (including phenoxy) is 1. The van der Waals surface area contributed by atoms with Gasteiger partial charge in [0, 0.05) is 32.6 Å². The third-order valence-corrected chi connectivity index (χ3v) is 3.20. The van der Waals surface area contributed by atoms with Crippen molar-refractivity contribution in [2.45, 2.75) is 18.6 Å². The number of nitrogens with two attached hydrogens (primary N) is 1. The highest BCUT2D eigenvalue weighted by atomic mass is 16.5. The second kappa shape index (κ2) is 5.43. The molecule has 5 heteroatoms. The molecule has 1 aliphatic rings. The third kappa shape index (κ3) is 2.42. The van der Waals surface area contributed by atoms with E-state index >= 15 is 0 Å². The van der Waals surface area contributed by atoms with E-state index in [-0.39, 0.29) is 6.10 Å². The van der Waals surface area contributed by atoms with E-state index in [4.69, 9.17) is 10.5 Å². The van der Waals surface area contributed by atoms with E-state index < -0.39 is 0 Å². The molecule has 5 nitrogen and oxygen atoms in total. The topological polar surface area (TPSA) is 56.3 Å². The van der Waals surface area contributed by atoms with Gasteiger partial charge in [-0.25, -0.2) is 4.98 Å². The summed E-state index contributed by atoms with van der Waals surface area (Å²) < 4.78 is 7.67. The highest BCUT2D eigenvalue weighted by molar-refractivity contribution is 4.92. The molecule has 1 aromatic rings. The van der Waals surface area contributed by atoms with Crippen LogP contribution in [0.5, 0.6) is 0 Å². The Morgan fingerprint density at radius 3 is 3.00 bits per heavy atom. The molecule has 1 aromatic heterocycles. The molecule has 2 rings (SSSR count). The Kier molecular flexibility index (Phi) is 3.93. The summed E-state index contributed by atoms with van der Waals surface area (Å²) in [6.45, 7) is 3.82. The zero-order valence-corrected chi connectivity index (χ0v) is 9.75. The minimum Gasteiger partial charge on any atom is -0.378 e. The molecule has 2 atom stereocenters. The molecule has 0 unspecified atom stereocenters. The number of imidazole rings is 1. The fourth-order valence-corrected chi connectivity index (χ4v) is 2.31. The summed E-state index contributed by atoms with van der Waals surface area (Å²) in [5, 5.41) is 0. The molecule has 1 fully saturated rings. The Hall–Kier alpha value is -0.910. The van der Waals surface area contributed by atoms with Crippen molar-refractivity contribution in [1.29, 1.82) is 0 Å². The molecule has 0 radical (unpaired) electrons. The van der Waals surface area contributed by atoms with E-state index in [1.165, 1.54) is 0 Å². The van der Waals surface area contributed by atoms with E-state index in [0.29, 0.717) is 6.04 Å². The second-order valence-corrected chi connectivity index (χ2v) is 4.25. The highest BCUT2D eigenvalue weighted by Gasteiger charge is 2.33. The molecule has 90 valence electrons. The molecule has 0 aromatic carbocycles. The Balaban J connectivity index is 1.97. The molecule has 0 saturated carbocycles. The second-order valence-electron chi connectivity index (χ2n) is 4.25. The standard InChI is InChI=1S/C11H20N4O/c1-16-11-8-14(5-2-3-12)7-10(11)15-6-4-13-9-15/h4,6,9-11H,2-3,5,7-8,12H2,1H3/t10-,11+/m1/s1. The molecule has 2 heterocycles. The fourth-order valence-electron chi connectivity index (χ4n) is 2.31. The van der Waals surface area contributed by atoms with Crippen molar-refractivity contribution in [3.63, 3.8) is 0 Å². The normalized spacial score (nSPS) is 26.4. The van der Waals surface area contributed by atoms with Crippen LogP contribution in [-0.2, 0) is 4.74 Å². The number of hydrogen-bond acceptors (Lipinski definition) is 4. The van der Waals surface area contributed by atoms with Crippen LogP contribution in [0.15, 0.2) is 18.7 Å². The summed E-state index contributed by atoms with van der Waals surface area (Å²) in [6, 6.07) is 0.380. The lowest BCUT2D eigenvalue weighted by Crippen LogP contribution is -2.25. The van der Waals surface area contributed by atoms with Gasteiger partial charge in [-0.1, -0.05) is 0 Å². The molecule has 1 saturated heterocycles. The summed E-state index contributed by atoms with van der Waals surface area (Å²) in [5.74, 6) is 0. The number of likely N-dealkylation sites (tertiary alicyclic amines) is 1. The van der Waals surface area contributed by atoms with E-state index in [1.807, 2.05) is 18.7 Å². The first-order valence-electron chi connectivity index (χ1n) is 5.78. The summed E-state index contributed by atoms with van der Waals surface area (Å²) in [5.41, 5.74) is 5.53. The zero-order valence-electron chi connectivity index (χ0n) is 9.75. The Bertz CT molecular complexity index is 301. The number of methoxy groups -OCH3 is 1. The Morgan fingerprint density at radius 2 is 2.38 bits per heavy atom. The van der Waals surface area contributed by atoms with Crippen molar-refractivity contribution >= 4 is 0 Å².